The number of piperazine rings is 1. The molecule has 0 aromatic carbocycles. The normalized spacial score (nSPS) is 17.6. The van der Waals surface area contributed by atoms with Gasteiger partial charge in [-0.3, -0.25) is 14.4 Å². The first-order valence-corrected chi connectivity index (χ1v) is 8.57. The summed E-state index contributed by atoms with van der Waals surface area (Å²) < 4.78 is 2.54. The lowest BCUT2D eigenvalue weighted by Crippen LogP contribution is -2.49. The van der Waals surface area contributed by atoms with Gasteiger partial charge in [0.1, 0.15) is 6.04 Å². The second kappa shape index (κ2) is 6.81. The Morgan fingerprint density at radius 2 is 2.14 bits per heavy atom. The molecule has 0 saturated carbocycles. The van der Waals surface area contributed by atoms with Gasteiger partial charge < -0.3 is 4.90 Å². The fourth-order valence-electron chi connectivity index (χ4n) is 2.67. The highest BCUT2D eigenvalue weighted by Gasteiger charge is 2.26. The zero-order chi connectivity index (χ0) is 15.5. The predicted octanol–water partition coefficient (Wildman–Crippen LogP) is 2.50. The van der Waals surface area contributed by atoms with Crippen LogP contribution >= 0.6 is 22.9 Å². The molecule has 0 unspecified atom stereocenters. The Hall–Kier alpha value is -1.37. The van der Waals surface area contributed by atoms with Gasteiger partial charge in [-0.25, -0.2) is 0 Å². The van der Waals surface area contributed by atoms with Crippen LogP contribution in [0.1, 0.15) is 17.8 Å². The third-order valence-electron chi connectivity index (χ3n) is 3.97. The Kier molecular flexibility index (Phi) is 4.81. The van der Waals surface area contributed by atoms with Crippen LogP contribution in [0.25, 0.3) is 0 Å². The first-order chi connectivity index (χ1) is 10.6. The van der Waals surface area contributed by atoms with E-state index in [1.807, 2.05) is 30.2 Å². The van der Waals surface area contributed by atoms with Crippen LogP contribution in [-0.4, -0.2) is 51.7 Å². The summed E-state index contributed by atoms with van der Waals surface area (Å²) in [6.07, 6.45) is 3.53. The van der Waals surface area contributed by atoms with Crippen molar-refractivity contribution in [2.75, 3.05) is 26.2 Å². The molecule has 1 fully saturated rings. The van der Waals surface area contributed by atoms with Crippen molar-refractivity contribution in [2.24, 2.45) is 0 Å². The van der Waals surface area contributed by atoms with E-state index in [1.54, 1.807) is 22.2 Å². The van der Waals surface area contributed by atoms with Crippen LogP contribution in [0, 0.1) is 0 Å². The summed E-state index contributed by atoms with van der Waals surface area (Å²) in [5, 5.41) is 4.15. The van der Waals surface area contributed by atoms with Gasteiger partial charge in [-0.05, 0) is 25.1 Å². The average molecular weight is 339 g/mol. The van der Waals surface area contributed by atoms with E-state index in [1.165, 1.54) is 4.88 Å². The van der Waals surface area contributed by atoms with Gasteiger partial charge in [0.25, 0.3) is 0 Å². The topological polar surface area (TPSA) is 41.4 Å². The van der Waals surface area contributed by atoms with E-state index in [4.69, 9.17) is 11.6 Å². The number of carbonyl (C=O) groups excluding carboxylic acids is 1. The molecule has 0 radical (unpaired) electrons. The molecule has 7 heteroatoms. The van der Waals surface area contributed by atoms with Gasteiger partial charge in [0.15, 0.2) is 0 Å². The Morgan fingerprint density at radius 1 is 1.36 bits per heavy atom. The Balaban J connectivity index is 1.52. The summed E-state index contributed by atoms with van der Waals surface area (Å²) in [4.78, 5) is 18.1. The van der Waals surface area contributed by atoms with Gasteiger partial charge in [0.05, 0.1) is 4.34 Å². The zero-order valence-corrected chi connectivity index (χ0v) is 14.1. The van der Waals surface area contributed by atoms with E-state index in [0.29, 0.717) is 0 Å². The molecule has 0 aliphatic carbocycles. The molecule has 22 heavy (non-hydrogen) atoms. The second-order valence-electron chi connectivity index (χ2n) is 5.47. The smallest absolute Gasteiger partial charge is 0.247 e. The molecular weight excluding hydrogens is 320 g/mol. The van der Waals surface area contributed by atoms with Crippen molar-refractivity contribution in [2.45, 2.75) is 19.5 Å². The molecule has 0 spiro atoms. The molecule has 2 aromatic rings. The van der Waals surface area contributed by atoms with Gasteiger partial charge in [0.2, 0.25) is 5.91 Å². The van der Waals surface area contributed by atoms with Crippen LogP contribution in [0.5, 0.6) is 0 Å². The largest absolute Gasteiger partial charge is 0.338 e. The number of hydrogen-bond acceptors (Lipinski definition) is 4. The average Bonchev–Trinajstić information content (AvgIpc) is 3.18. The first kappa shape index (κ1) is 15.5. The van der Waals surface area contributed by atoms with Crippen LogP contribution in [0.3, 0.4) is 0 Å². The van der Waals surface area contributed by atoms with Crippen LogP contribution in [0.4, 0.5) is 0 Å². The number of aromatic nitrogens is 2. The predicted molar refractivity (Wildman–Crippen MR) is 88.1 cm³/mol. The number of halogens is 1. The molecule has 1 atom stereocenters. The summed E-state index contributed by atoms with van der Waals surface area (Å²) in [5.41, 5.74) is 0. The van der Waals surface area contributed by atoms with Crippen molar-refractivity contribution in [1.82, 2.24) is 19.6 Å². The van der Waals surface area contributed by atoms with E-state index < -0.39 is 0 Å². The highest BCUT2D eigenvalue weighted by molar-refractivity contribution is 7.16. The van der Waals surface area contributed by atoms with Crippen molar-refractivity contribution in [3.63, 3.8) is 0 Å². The lowest BCUT2D eigenvalue weighted by atomic mass is 10.2. The minimum atomic E-state index is -0.238. The quantitative estimate of drug-likeness (QED) is 0.860. The Morgan fingerprint density at radius 3 is 2.73 bits per heavy atom. The minimum Gasteiger partial charge on any atom is -0.338 e. The molecule has 3 heterocycles. The second-order valence-corrected chi connectivity index (χ2v) is 7.27. The number of rotatable bonds is 4. The van der Waals surface area contributed by atoms with Crippen molar-refractivity contribution < 1.29 is 4.79 Å². The monoisotopic (exact) mass is 338 g/mol. The SMILES string of the molecule is C[C@H](C(=O)N1CCN(Cc2ccc(Cl)s2)CC1)n1cccn1. The summed E-state index contributed by atoms with van der Waals surface area (Å²) >= 11 is 7.59. The molecule has 2 aromatic heterocycles. The molecule has 1 saturated heterocycles. The van der Waals surface area contributed by atoms with Gasteiger partial charge >= 0.3 is 0 Å². The van der Waals surface area contributed by atoms with Gasteiger partial charge in [0, 0.05) is 50.0 Å². The van der Waals surface area contributed by atoms with Gasteiger partial charge in [-0.2, -0.15) is 5.10 Å². The summed E-state index contributed by atoms with van der Waals surface area (Å²) in [6.45, 7) is 6.14. The van der Waals surface area contributed by atoms with E-state index in [-0.39, 0.29) is 11.9 Å². The third kappa shape index (κ3) is 3.51. The molecule has 1 aliphatic rings. The number of thiophene rings is 1. The molecule has 5 nitrogen and oxygen atoms in total. The first-order valence-electron chi connectivity index (χ1n) is 7.38. The van der Waals surface area contributed by atoms with Crippen molar-refractivity contribution in [1.29, 1.82) is 0 Å². The molecule has 118 valence electrons. The number of nitrogens with zero attached hydrogens (tertiary/aromatic N) is 4. The van der Waals surface area contributed by atoms with Crippen LogP contribution in [0.15, 0.2) is 30.6 Å². The van der Waals surface area contributed by atoms with E-state index in [9.17, 15) is 4.79 Å². The number of carbonyl (C=O) groups is 1. The molecule has 0 N–H and O–H groups in total. The fourth-order valence-corrected chi connectivity index (χ4v) is 3.80. The molecule has 0 bridgehead atoms. The fraction of sp³-hybridized carbons (Fsp3) is 0.467. The number of amides is 1. The van der Waals surface area contributed by atoms with Gasteiger partial charge in [-0.1, -0.05) is 11.6 Å². The van der Waals surface area contributed by atoms with E-state index in [2.05, 4.69) is 16.1 Å². The highest BCUT2D eigenvalue weighted by atomic mass is 35.5. The van der Waals surface area contributed by atoms with Crippen molar-refractivity contribution >= 4 is 28.8 Å². The standard InChI is InChI=1S/C15H19ClN4OS/c1-12(20-6-2-5-17-20)15(21)19-9-7-18(8-10-19)11-13-3-4-14(16)22-13/h2-6,12H,7-11H2,1H3/t12-/m1/s1. The Bertz CT molecular complexity index is 619. The minimum absolute atomic E-state index is 0.141. The third-order valence-corrected chi connectivity index (χ3v) is 5.19. The summed E-state index contributed by atoms with van der Waals surface area (Å²) in [7, 11) is 0. The molecule has 1 amide bonds. The van der Waals surface area contributed by atoms with Crippen molar-refractivity contribution in [3.8, 4) is 0 Å². The highest BCUT2D eigenvalue weighted by Crippen LogP contribution is 2.23. The maximum atomic E-state index is 12.5. The van der Waals surface area contributed by atoms with E-state index in [0.717, 1.165) is 37.1 Å². The molecule has 1 aliphatic heterocycles. The van der Waals surface area contributed by atoms with Crippen LogP contribution < -0.4 is 0 Å². The van der Waals surface area contributed by atoms with Crippen molar-refractivity contribution in [3.05, 3.63) is 39.8 Å². The summed E-state index contributed by atoms with van der Waals surface area (Å²) in [6, 6.07) is 5.61. The van der Waals surface area contributed by atoms with E-state index >= 15 is 0 Å². The maximum Gasteiger partial charge on any atom is 0.247 e. The maximum absolute atomic E-state index is 12.5. The lowest BCUT2D eigenvalue weighted by molar-refractivity contribution is -0.136. The zero-order valence-electron chi connectivity index (χ0n) is 12.5. The van der Waals surface area contributed by atoms with Gasteiger partial charge in [-0.15, -0.1) is 11.3 Å². The van der Waals surface area contributed by atoms with Crippen LogP contribution in [-0.2, 0) is 11.3 Å². The van der Waals surface area contributed by atoms with Crippen LogP contribution in [0.2, 0.25) is 4.34 Å². The summed E-state index contributed by atoms with van der Waals surface area (Å²) in [5.74, 6) is 0.141. The molecular formula is C15H19ClN4OS. The molecule has 3 rings (SSSR count). The number of hydrogen-bond donors (Lipinski definition) is 0. The lowest BCUT2D eigenvalue weighted by Gasteiger charge is -2.35. The Labute approximate surface area is 139 Å².